The molecule has 41 heavy (non-hydrogen) atoms. The summed E-state index contributed by atoms with van der Waals surface area (Å²) < 4.78 is 42.3. The monoisotopic (exact) mass is 593 g/mol. The lowest BCUT2D eigenvalue weighted by Crippen LogP contribution is -2.53. The van der Waals surface area contributed by atoms with Crippen LogP contribution in [0.5, 0.6) is 0 Å². The van der Waals surface area contributed by atoms with Crippen molar-refractivity contribution in [1.29, 1.82) is 0 Å². The molecule has 4 rings (SSSR count). The number of benzene rings is 4. The Balaban J connectivity index is 1.77. The van der Waals surface area contributed by atoms with Gasteiger partial charge in [-0.25, -0.2) is 12.8 Å². The Morgan fingerprint density at radius 3 is 2.00 bits per heavy atom. The first-order chi connectivity index (χ1) is 19.7. The molecule has 212 valence electrons. The molecule has 4 aromatic carbocycles. The highest BCUT2D eigenvalue weighted by atomic mass is 35.5. The lowest BCUT2D eigenvalue weighted by atomic mass is 10.0. The number of amides is 2. The van der Waals surface area contributed by atoms with E-state index in [-0.39, 0.29) is 23.5 Å². The molecule has 0 radical (unpaired) electrons. The molecule has 1 atom stereocenters. The number of likely N-dealkylation sites (N-methyl/N-ethyl adjacent to an activating group) is 1. The highest BCUT2D eigenvalue weighted by molar-refractivity contribution is 7.92. The molecule has 10 heteroatoms. The van der Waals surface area contributed by atoms with Crippen molar-refractivity contribution >= 4 is 39.1 Å². The van der Waals surface area contributed by atoms with Gasteiger partial charge in [0.15, 0.2) is 0 Å². The first kappa shape index (κ1) is 29.8. The van der Waals surface area contributed by atoms with Gasteiger partial charge in [0.2, 0.25) is 11.8 Å². The first-order valence-electron chi connectivity index (χ1n) is 12.8. The van der Waals surface area contributed by atoms with Crippen LogP contribution in [0.25, 0.3) is 0 Å². The fraction of sp³-hybridized carbons (Fsp3) is 0.161. The summed E-state index contributed by atoms with van der Waals surface area (Å²) in [5, 5.41) is 3.02. The Hall–Kier alpha value is -4.21. The second kappa shape index (κ2) is 13.4. The number of sulfonamides is 1. The quantitative estimate of drug-likeness (QED) is 0.263. The minimum atomic E-state index is -4.19. The van der Waals surface area contributed by atoms with Gasteiger partial charge in [-0.2, -0.15) is 0 Å². The number of rotatable bonds is 11. The molecule has 2 amide bonds. The second-order valence-corrected chi connectivity index (χ2v) is 11.6. The van der Waals surface area contributed by atoms with E-state index in [0.29, 0.717) is 10.6 Å². The Bertz CT molecular complexity index is 1570. The topological polar surface area (TPSA) is 86.8 Å². The van der Waals surface area contributed by atoms with Gasteiger partial charge in [0, 0.05) is 25.0 Å². The number of hydrogen-bond donors (Lipinski definition) is 1. The molecule has 1 N–H and O–H groups in total. The smallest absolute Gasteiger partial charge is 0.264 e. The van der Waals surface area contributed by atoms with Crippen molar-refractivity contribution in [2.45, 2.75) is 23.9 Å². The molecule has 0 aliphatic heterocycles. The van der Waals surface area contributed by atoms with Crippen LogP contribution in [-0.2, 0) is 32.6 Å². The van der Waals surface area contributed by atoms with E-state index in [0.717, 1.165) is 9.87 Å². The number of hydrogen-bond acceptors (Lipinski definition) is 4. The molecule has 0 spiro atoms. The van der Waals surface area contributed by atoms with E-state index in [1.54, 1.807) is 18.2 Å². The molecule has 0 heterocycles. The largest absolute Gasteiger partial charge is 0.357 e. The Labute approximate surface area is 244 Å². The summed E-state index contributed by atoms with van der Waals surface area (Å²) in [6.45, 7) is -0.647. The second-order valence-electron chi connectivity index (χ2n) is 9.27. The molecule has 0 aromatic heterocycles. The minimum absolute atomic E-state index is 0.0000265. The third-order valence-electron chi connectivity index (χ3n) is 6.51. The van der Waals surface area contributed by atoms with Crippen molar-refractivity contribution in [3.63, 3.8) is 0 Å². The predicted molar refractivity (Wildman–Crippen MR) is 157 cm³/mol. The lowest BCUT2D eigenvalue weighted by Gasteiger charge is -2.33. The summed E-state index contributed by atoms with van der Waals surface area (Å²) in [6, 6.07) is 27.7. The standard InChI is InChI=1S/C31H29ClFN3O4S/c1-34-31(38)29(20-23-8-4-2-5-9-23)35(21-24-12-16-26(33)17-13-24)30(37)22-36(27-18-14-25(32)15-19-27)41(39,40)28-10-6-3-7-11-28/h2-19,29H,20-22H2,1H3,(H,34,38). The summed E-state index contributed by atoms with van der Waals surface area (Å²) in [6.07, 6.45) is 0.180. The van der Waals surface area contributed by atoms with Crippen molar-refractivity contribution < 1.29 is 22.4 Å². The van der Waals surface area contributed by atoms with E-state index in [2.05, 4.69) is 5.32 Å². The van der Waals surface area contributed by atoms with Crippen LogP contribution in [0.1, 0.15) is 11.1 Å². The van der Waals surface area contributed by atoms with Crippen LogP contribution in [-0.4, -0.2) is 44.8 Å². The van der Waals surface area contributed by atoms with Gasteiger partial charge in [0.05, 0.1) is 10.6 Å². The Kier molecular flexibility index (Phi) is 9.75. The van der Waals surface area contributed by atoms with Crippen molar-refractivity contribution in [1.82, 2.24) is 10.2 Å². The summed E-state index contributed by atoms with van der Waals surface area (Å²) >= 11 is 6.06. The van der Waals surface area contributed by atoms with Crippen molar-refractivity contribution in [3.8, 4) is 0 Å². The molecule has 0 aliphatic carbocycles. The van der Waals surface area contributed by atoms with Crippen molar-refractivity contribution in [2.75, 3.05) is 17.9 Å². The van der Waals surface area contributed by atoms with Gasteiger partial charge in [-0.3, -0.25) is 13.9 Å². The normalized spacial score (nSPS) is 11.9. The summed E-state index contributed by atoms with van der Waals surface area (Å²) in [7, 11) is -2.72. The third kappa shape index (κ3) is 7.50. The van der Waals surface area contributed by atoms with E-state index in [1.807, 2.05) is 30.3 Å². The van der Waals surface area contributed by atoms with Gasteiger partial charge >= 0.3 is 0 Å². The fourth-order valence-corrected chi connectivity index (χ4v) is 5.92. The molecule has 1 unspecified atom stereocenters. The zero-order valence-electron chi connectivity index (χ0n) is 22.3. The molecular formula is C31H29ClFN3O4S. The first-order valence-corrected chi connectivity index (χ1v) is 14.6. The SMILES string of the molecule is CNC(=O)C(Cc1ccccc1)N(Cc1ccc(F)cc1)C(=O)CN(c1ccc(Cl)cc1)S(=O)(=O)c1ccccc1. The van der Waals surface area contributed by atoms with Gasteiger partial charge in [-0.05, 0) is 59.7 Å². The highest BCUT2D eigenvalue weighted by Gasteiger charge is 2.34. The van der Waals surface area contributed by atoms with E-state index >= 15 is 0 Å². The molecule has 0 saturated carbocycles. The molecule has 0 aliphatic rings. The molecule has 0 bridgehead atoms. The maximum Gasteiger partial charge on any atom is 0.264 e. The van der Waals surface area contributed by atoms with Gasteiger partial charge in [-0.15, -0.1) is 0 Å². The lowest BCUT2D eigenvalue weighted by molar-refractivity contribution is -0.139. The Morgan fingerprint density at radius 1 is 0.829 bits per heavy atom. The molecule has 4 aromatic rings. The number of halogens is 2. The molecule has 0 fully saturated rings. The van der Waals surface area contributed by atoms with Crippen LogP contribution in [0.3, 0.4) is 0 Å². The van der Waals surface area contributed by atoms with Gasteiger partial charge in [-0.1, -0.05) is 72.3 Å². The van der Waals surface area contributed by atoms with E-state index in [1.165, 1.54) is 72.6 Å². The highest BCUT2D eigenvalue weighted by Crippen LogP contribution is 2.26. The number of anilines is 1. The number of carbonyl (C=O) groups is 2. The van der Waals surface area contributed by atoms with Gasteiger partial charge in [0.25, 0.3) is 10.0 Å². The summed E-state index contributed by atoms with van der Waals surface area (Å²) in [5.41, 5.74) is 1.61. The number of carbonyl (C=O) groups excluding carboxylic acids is 2. The molecule has 0 saturated heterocycles. The van der Waals surface area contributed by atoms with E-state index < -0.39 is 40.2 Å². The third-order valence-corrected chi connectivity index (χ3v) is 8.55. The average Bonchev–Trinajstić information content (AvgIpc) is 2.99. The zero-order chi connectivity index (χ0) is 29.4. The zero-order valence-corrected chi connectivity index (χ0v) is 23.9. The van der Waals surface area contributed by atoms with Crippen LogP contribution in [0, 0.1) is 5.82 Å². The Morgan fingerprint density at radius 2 is 1.41 bits per heavy atom. The summed E-state index contributed by atoms with van der Waals surface area (Å²) in [4.78, 5) is 28.7. The summed E-state index contributed by atoms with van der Waals surface area (Å²) in [5.74, 6) is -1.48. The van der Waals surface area contributed by atoms with Gasteiger partial charge < -0.3 is 10.2 Å². The van der Waals surface area contributed by atoms with E-state index in [4.69, 9.17) is 11.6 Å². The number of nitrogens with zero attached hydrogens (tertiary/aromatic N) is 2. The van der Waals surface area contributed by atoms with Crippen LogP contribution in [0.15, 0.2) is 114 Å². The maximum absolute atomic E-state index is 14.1. The van der Waals surface area contributed by atoms with Crippen LogP contribution in [0.4, 0.5) is 10.1 Å². The minimum Gasteiger partial charge on any atom is -0.357 e. The fourth-order valence-electron chi connectivity index (χ4n) is 4.36. The van der Waals surface area contributed by atoms with Crippen LogP contribution >= 0.6 is 11.6 Å². The van der Waals surface area contributed by atoms with Crippen molar-refractivity contribution in [3.05, 3.63) is 131 Å². The van der Waals surface area contributed by atoms with Crippen LogP contribution in [0.2, 0.25) is 5.02 Å². The molecule has 7 nitrogen and oxygen atoms in total. The van der Waals surface area contributed by atoms with Crippen LogP contribution < -0.4 is 9.62 Å². The predicted octanol–water partition coefficient (Wildman–Crippen LogP) is 5.06. The van der Waals surface area contributed by atoms with Gasteiger partial charge in [0.1, 0.15) is 18.4 Å². The average molecular weight is 594 g/mol. The van der Waals surface area contributed by atoms with Crippen molar-refractivity contribution in [2.24, 2.45) is 0 Å². The maximum atomic E-state index is 14.1. The van der Waals surface area contributed by atoms with E-state index in [9.17, 15) is 22.4 Å². The molecular weight excluding hydrogens is 565 g/mol. The number of nitrogens with one attached hydrogen (secondary N) is 1.